The second-order valence-electron chi connectivity index (χ2n) is 2.58. The summed E-state index contributed by atoms with van der Waals surface area (Å²) in [4.78, 5) is 4.19. The molecule has 2 aromatic heterocycles. The zero-order valence-electron chi connectivity index (χ0n) is 6.43. The van der Waals surface area contributed by atoms with Gasteiger partial charge < -0.3 is 5.73 Å². The van der Waals surface area contributed by atoms with Crippen molar-refractivity contribution in [3.05, 3.63) is 16.8 Å². The maximum Gasteiger partial charge on any atom is 0.171 e. The Balaban J connectivity index is 2.92. The zero-order valence-corrected chi connectivity index (χ0v) is 7.18. The maximum atomic E-state index is 5.91. The summed E-state index contributed by atoms with van der Waals surface area (Å²) >= 11 is 5.91. The van der Waals surface area contributed by atoms with Crippen LogP contribution in [0.1, 0.15) is 5.69 Å². The molecule has 0 amide bonds. The molecule has 0 saturated carbocycles. The van der Waals surface area contributed by atoms with Gasteiger partial charge in [0.2, 0.25) is 0 Å². The molecule has 5 heteroatoms. The van der Waals surface area contributed by atoms with Crippen LogP contribution in [0, 0.1) is 6.92 Å². The Labute approximate surface area is 73.7 Å². The normalized spacial score (nSPS) is 10.8. The van der Waals surface area contributed by atoms with Crippen molar-refractivity contribution in [3.63, 3.8) is 0 Å². The first kappa shape index (κ1) is 7.36. The fourth-order valence-electron chi connectivity index (χ4n) is 1.09. The third-order valence-electron chi connectivity index (χ3n) is 1.63. The number of hydrogen-bond donors (Lipinski definition) is 2. The summed E-state index contributed by atoms with van der Waals surface area (Å²) in [6.07, 6.45) is 0. The van der Waals surface area contributed by atoms with E-state index in [-0.39, 0.29) is 0 Å². The molecular weight excluding hydrogens is 176 g/mol. The Morgan fingerprint density at radius 3 is 3.08 bits per heavy atom. The van der Waals surface area contributed by atoms with Gasteiger partial charge in [0.05, 0.1) is 5.02 Å². The molecule has 0 aliphatic carbocycles. The number of fused-ring (bicyclic) bond motifs is 1. The number of aromatic nitrogens is 3. The molecule has 0 fully saturated rings. The van der Waals surface area contributed by atoms with Crippen molar-refractivity contribution >= 4 is 28.5 Å². The number of halogens is 1. The Morgan fingerprint density at radius 2 is 2.33 bits per heavy atom. The minimum absolute atomic E-state index is 0.385. The number of nitrogens with zero attached hydrogens (tertiary/aromatic N) is 2. The average Bonchev–Trinajstić information content (AvgIpc) is 2.33. The van der Waals surface area contributed by atoms with Crippen molar-refractivity contribution in [1.82, 2.24) is 15.2 Å². The number of hydrogen-bond acceptors (Lipinski definition) is 3. The standard InChI is InChI=1S/C7H7ClN4/c1-3-2-4(8)5-6(10-3)7(9)12-11-5/h2H,1H3,(H3,9,11,12). The lowest BCUT2D eigenvalue weighted by molar-refractivity contribution is 1.13. The molecule has 0 spiro atoms. The molecule has 12 heavy (non-hydrogen) atoms. The molecule has 62 valence electrons. The van der Waals surface area contributed by atoms with Crippen LogP contribution in [0.5, 0.6) is 0 Å². The van der Waals surface area contributed by atoms with Gasteiger partial charge in [-0.05, 0) is 13.0 Å². The van der Waals surface area contributed by atoms with Gasteiger partial charge in [0.1, 0.15) is 11.0 Å². The maximum absolute atomic E-state index is 5.91. The lowest BCUT2D eigenvalue weighted by Gasteiger charge is -1.94. The number of H-pyrrole nitrogens is 1. The molecular formula is C7H7ClN4. The van der Waals surface area contributed by atoms with Gasteiger partial charge in [-0.1, -0.05) is 11.6 Å². The Kier molecular flexibility index (Phi) is 1.44. The highest BCUT2D eigenvalue weighted by Gasteiger charge is 2.07. The summed E-state index contributed by atoms with van der Waals surface area (Å²) in [6.45, 7) is 1.86. The van der Waals surface area contributed by atoms with Gasteiger partial charge in [0.15, 0.2) is 5.82 Å². The predicted octanol–water partition coefficient (Wildman–Crippen LogP) is 1.50. The van der Waals surface area contributed by atoms with E-state index in [1.54, 1.807) is 6.07 Å². The van der Waals surface area contributed by atoms with Crippen LogP contribution < -0.4 is 5.73 Å². The molecule has 0 unspecified atom stereocenters. The highest BCUT2D eigenvalue weighted by Crippen LogP contribution is 2.23. The van der Waals surface area contributed by atoms with Crippen molar-refractivity contribution in [2.45, 2.75) is 6.92 Å². The summed E-state index contributed by atoms with van der Waals surface area (Å²) < 4.78 is 0. The van der Waals surface area contributed by atoms with Crippen LogP contribution in [0.3, 0.4) is 0 Å². The third kappa shape index (κ3) is 0.921. The number of anilines is 1. The Hall–Kier alpha value is -1.29. The van der Waals surface area contributed by atoms with E-state index < -0.39 is 0 Å². The fraction of sp³-hybridized carbons (Fsp3) is 0.143. The Morgan fingerprint density at radius 1 is 1.58 bits per heavy atom. The molecule has 3 N–H and O–H groups in total. The minimum Gasteiger partial charge on any atom is -0.380 e. The van der Waals surface area contributed by atoms with E-state index in [1.807, 2.05) is 6.92 Å². The second-order valence-corrected chi connectivity index (χ2v) is 2.99. The molecule has 0 aliphatic heterocycles. The van der Waals surface area contributed by atoms with E-state index in [9.17, 15) is 0 Å². The summed E-state index contributed by atoms with van der Waals surface area (Å²) in [6, 6.07) is 1.77. The van der Waals surface area contributed by atoms with Gasteiger partial charge in [-0.15, -0.1) is 0 Å². The molecule has 0 atom stereocenters. The van der Waals surface area contributed by atoms with E-state index >= 15 is 0 Å². The van der Waals surface area contributed by atoms with Crippen LogP contribution in [0.15, 0.2) is 6.07 Å². The van der Waals surface area contributed by atoms with Gasteiger partial charge in [0.25, 0.3) is 0 Å². The summed E-state index contributed by atoms with van der Waals surface area (Å²) in [5.74, 6) is 0.385. The van der Waals surface area contributed by atoms with E-state index in [2.05, 4.69) is 15.2 Å². The number of rotatable bonds is 0. The van der Waals surface area contributed by atoms with Crippen LogP contribution in [0.25, 0.3) is 11.0 Å². The molecule has 2 heterocycles. The number of nitrogens with one attached hydrogen (secondary N) is 1. The lowest BCUT2D eigenvalue weighted by Crippen LogP contribution is -1.87. The van der Waals surface area contributed by atoms with E-state index in [0.717, 1.165) is 5.69 Å². The van der Waals surface area contributed by atoms with Crippen LogP contribution in [-0.4, -0.2) is 15.2 Å². The van der Waals surface area contributed by atoms with Gasteiger partial charge in [-0.3, -0.25) is 5.10 Å². The van der Waals surface area contributed by atoms with Crippen LogP contribution >= 0.6 is 11.6 Å². The highest BCUT2D eigenvalue weighted by atomic mass is 35.5. The topological polar surface area (TPSA) is 67.6 Å². The van der Waals surface area contributed by atoms with Gasteiger partial charge >= 0.3 is 0 Å². The minimum atomic E-state index is 0.385. The molecule has 0 radical (unpaired) electrons. The number of aryl methyl sites for hydroxylation is 1. The van der Waals surface area contributed by atoms with Gasteiger partial charge in [-0.25, -0.2) is 4.98 Å². The monoisotopic (exact) mass is 182 g/mol. The Bertz CT molecular complexity index is 434. The van der Waals surface area contributed by atoms with E-state index in [0.29, 0.717) is 21.9 Å². The number of pyridine rings is 1. The van der Waals surface area contributed by atoms with Crippen LogP contribution in [0.4, 0.5) is 5.82 Å². The third-order valence-corrected chi connectivity index (χ3v) is 1.93. The number of nitrogen functional groups attached to an aromatic ring is 1. The van der Waals surface area contributed by atoms with Crippen molar-refractivity contribution < 1.29 is 0 Å². The highest BCUT2D eigenvalue weighted by molar-refractivity contribution is 6.35. The van der Waals surface area contributed by atoms with Crippen molar-refractivity contribution in [3.8, 4) is 0 Å². The van der Waals surface area contributed by atoms with Gasteiger partial charge in [-0.2, -0.15) is 5.10 Å². The van der Waals surface area contributed by atoms with Gasteiger partial charge in [0, 0.05) is 5.69 Å². The molecule has 2 rings (SSSR count). The predicted molar refractivity (Wildman–Crippen MR) is 48.0 cm³/mol. The second kappa shape index (κ2) is 2.35. The van der Waals surface area contributed by atoms with E-state index in [4.69, 9.17) is 17.3 Å². The van der Waals surface area contributed by atoms with E-state index in [1.165, 1.54) is 0 Å². The molecule has 0 aromatic carbocycles. The SMILES string of the molecule is Cc1cc(Cl)c2[nH]nc(N)c2n1. The smallest absolute Gasteiger partial charge is 0.171 e. The summed E-state index contributed by atoms with van der Waals surface area (Å²) in [7, 11) is 0. The largest absolute Gasteiger partial charge is 0.380 e. The number of aromatic amines is 1. The quantitative estimate of drug-likeness (QED) is 0.649. The molecule has 0 saturated heterocycles. The first-order valence-corrected chi connectivity index (χ1v) is 3.83. The van der Waals surface area contributed by atoms with Crippen LogP contribution in [0.2, 0.25) is 5.02 Å². The summed E-state index contributed by atoms with van der Waals surface area (Å²) in [5.41, 5.74) is 7.72. The molecule has 4 nitrogen and oxygen atoms in total. The molecule has 0 aliphatic rings. The van der Waals surface area contributed by atoms with Crippen molar-refractivity contribution in [2.24, 2.45) is 0 Å². The van der Waals surface area contributed by atoms with Crippen LogP contribution in [-0.2, 0) is 0 Å². The zero-order chi connectivity index (χ0) is 8.72. The van der Waals surface area contributed by atoms with Crippen molar-refractivity contribution in [1.29, 1.82) is 0 Å². The first-order valence-electron chi connectivity index (χ1n) is 3.45. The lowest BCUT2D eigenvalue weighted by atomic mass is 10.3. The first-order chi connectivity index (χ1) is 5.68. The molecule has 2 aromatic rings. The fourth-order valence-corrected chi connectivity index (χ4v) is 1.38. The van der Waals surface area contributed by atoms with Crippen molar-refractivity contribution in [2.75, 3.05) is 5.73 Å². The average molecular weight is 183 g/mol. The summed E-state index contributed by atoms with van der Waals surface area (Å²) in [5, 5.41) is 7.12. The molecule has 0 bridgehead atoms. The number of nitrogens with two attached hydrogens (primary N) is 1.